The number of ether oxygens (including phenoxy) is 1. The van der Waals surface area contributed by atoms with Crippen LogP contribution in [0.5, 0.6) is 0 Å². The van der Waals surface area contributed by atoms with Crippen molar-refractivity contribution in [3.8, 4) is 0 Å². The van der Waals surface area contributed by atoms with Gasteiger partial charge in [0.05, 0.1) is 0 Å². The first kappa shape index (κ1) is 26.7. The Bertz CT molecular complexity index is 448. The number of carbonyl (C=O) groups is 2. The number of aliphatic carboxylic acids is 1. The fourth-order valence-corrected chi connectivity index (χ4v) is 3.20. The molecule has 6 heteroatoms. The number of amides is 1. The number of carbonyl (C=O) groups excluding carboxylic acids is 1. The van der Waals surface area contributed by atoms with Crippen molar-refractivity contribution in [2.45, 2.75) is 129 Å². The van der Waals surface area contributed by atoms with Crippen molar-refractivity contribution in [1.82, 2.24) is 5.32 Å². The number of carboxylic acids is 1. The van der Waals surface area contributed by atoms with Gasteiger partial charge in [-0.3, -0.25) is 4.79 Å². The summed E-state index contributed by atoms with van der Waals surface area (Å²) in [7, 11) is 0. The van der Waals surface area contributed by atoms with Crippen LogP contribution < -0.4 is 11.1 Å². The Morgan fingerprint density at radius 1 is 0.964 bits per heavy atom. The van der Waals surface area contributed by atoms with E-state index in [0.29, 0.717) is 25.7 Å². The van der Waals surface area contributed by atoms with Crippen LogP contribution in [0, 0.1) is 0 Å². The van der Waals surface area contributed by atoms with Gasteiger partial charge in [-0.15, -0.1) is 0 Å². The lowest BCUT2D eigenvalue weighted by atomic mass is 9.86. The van der Waals surface area contributed by atoms with Gasteiger partial charge in [0, 0.05) is 6.04 Å². The monoisotopic (exact) mass is 400 g/mol. The molecule has 0 rings (SSSR count). The first-order valence-electron chi connectivity index (χ1n) is 11.1. The molecule has 0 spiro atoms. The molecule has 0 aromatic rings. The highest BCUT2D eigenvalue weighted by Gasteiger charge is 2.34. The first-order chi connectivity index (χ1) is 13.0. The van der Waals surface area contributed by atoms with Gasteiger partial charge >= 0.3 is 12.1 Å². The zero-order valence-electron chi connectivity index (χ0n) is 18.8. The highest BCUT2D eigenvalue weighted by Crippen LogP contribution is 2.22. The number of alkyl carbamates (subject to hydrolysis) is 1. The van der Waals surface area contributed by atoms with Gasteiger partial charge in [-0.25, -0.2) is 4.79 Å². The average molecular weight is 401 g/mol. The van der Waals surface area contributed by atoms with E-state index >= 15 is 0 Å². The van der Waals surface area contributed by atoms with Crippen molar-refractivity contribution in [3.63, 3.8) is 0 Å². The predicted octanol–water partition coefficient (Wildman–Crippen LogP) is 5.38. The van der Waals surface area contributed by atoms with Gasteiger partial charge in [0.15, 0.2) is 0 Å². The summed E-state index contributed by atoms with van der Waals surface area (Å²) in [6.45, 7) is 9.60. The van der Waals surface area contributed by atoms with Crippen LogP contribution in [0.2, 0.25) is 0 Å². The molecule has 0 heterocycles. The van der Waals surface area contributed by atoms with Crippen molar-refractivity contribution < 1.29 is 19.4 Å². The third kappa shape index (κ3) is 13.0. The van der Waals surface area contributed by atoms with Crippen LogP contribution in [0.3, 0.4) is 0 Å². The molecule has 0 saturated carbocycles. The van der Waals surface area contributed by atoms with Crippen LogP contribution in [-0.2, 0) is 9.53 Å². The maximum Gasteiger partial charge on any atom is 0.407 e. The van der Waals surface area contributed by atoms with Gasteiger partial charge in [0.25, 0.3) is 0 Å². The summed E-state index contributed by atoms with van der Waals surface area (Å²) in [5, 5.41) is 12.4. The Labute approximate surface area is 172 Å². The van der Waals surface area contributed by atoms with Crippen molar-refractivity contribution in [2.75, 3.05) is 0 Å². The number of rotatable bonds is 15. The molecule has 2 unspecified atom stereocenters. The normalized spacial score (nSPS) is 14.9. The highest BCUT2D eigenvalue weighted by molar-refractivity contribution is 5.78. The molecule has 0 aromatic carbocycles. The Morgan fingerprint density at radius 3 is 1.96 bits per heavy atom. The molecule has 0 aromatic heterocycles. The fourth-order valence-electron chi connectivity index (χ4n) is 3.20. The maximum absolute atomic E-state index is 11.9. The molecule has 4 N–H and O–H groups in total. The summed E-state index contributed by atoms with van der Waals surface area (Å²) >= 11 is 0. The average Bonchev–Trinajstić information content (AvgIpc) is 2.59. The third-order valence-corrected chi connectivity index (χ3v) is 5.05. The van der Waals surface area contributed by atoms with Crippen molar-refractivity contribution >= 4 is 12.1 Å². The standard InChI is InChI=1S/C22H44N2O4/c1-6-8-9-10-11-12-13-14-16-22(23,19(25)26)17-15-18(7-2)24-20(27)28-21(3,4)5/h18H,6-17,23H2,1-5H3,(H,24,27)(H,25,26). The molecule has 0 aliphatic carbocycles. The quantitative estimate of drug-likeness (QED) is 0.320. The minimum absolute atomic E-state index is 0.143. The van der Waals surface area contributed by atoms with Gasteiger partial charge < -0.3 is 20.9 Å². The van der Waals surface area contributed by atoms with E-state index in [0.717, 1.165) is 19.3 Å². The largest absolute Gasteiger partial charge is 0.480 e. The zero-order valence-corrected chi connectivity index (χ0v) is 18.8. The summed E-state index contributed by atoms with van der Waals surface area (Å²) in [6.07, 6.45) is 10.8. The van der Waals surface area contributed by atoms with Crippen molar-refractivity contribution in [1.29, 1.82) is 0 Å². The minimum Gasteiger partial charge on any atom is -0.480 e. The minimum atomic E-state index is -1.23. The number of hydrogen-bond acceptors (Lipinski definition) is 4. The molecule has 2 atom stereocenters. The van der Waals surface area contributed by atoms with Crippen molar-refractivity contribution in [2.24, 2.45) is 5.73 Å². The molecule has 0 radical (unpaired) electrons. The van der Waals surface area contributed by atoms with Crippen LogP contribution in [0.25, 0.3) is 0 Å². The van der Waals surface area contributed by atoms with Gasteiger partial charge in [-0.05, 0) is 46.5 Å². The summed E-state index contributed by atoms with van der Waals surface area (Å²) in [5.74, 6) is -0.956. The van der Waals surface area contributed by atoms with Crippen LogP contribution in [0.4, 0.5) is 4.79 Å². The molecular weight excluding hydrogens is 356 g/mol. The van der Waals surface area contributed by atoms with Gasteiger partial charge in [-0.2, -0.15) is 0 Å². The lowest BCUT2D eigenvalue weighted by molar-refractivity contribution is -0.144. The van der Waals surface area contributed by atoms with Crippen LogP contribution >= 0.6 is 0 Å². The lowest BCUT2D eigenvalue weighted by Crippen LogP contribution is -2.49. The van der Waals surface area contributed by atoms with E-state index in [-0.39, 0.29) is 6.04 Å². The second-order valence-corrected chi connectivity index (χ2v) is 8.98. The van der Waals surface area contributed by atoms with Crippen LogP contribution in [0.15, 0.2) is 0 Å². The molecule has 28 heavy (non-hydrogen) atoms. The van der Waals surface area contributed by atoms with E-state index < -0.39 is 23.2 Å². The second kappa shape index (κ2) is 13.8. The highest BCUT2D eigenvalue weighted by atomic mass is 16.6. The van der Waals surface area contributed by atoms with Gasteiger partial charge in [0.1, 0.15) is 11.1 Å². The van der Waals surface area contributed by atoms with E-state index in [9.17, 15) is 14.7 Å². The number of unbranched alkanes of at least 4 members (excludes halogenated alkanes) is 7. The summed E-state index contributed by atoms with van der Waals surface area (Å²) in [5.41, 5.74) is 4.42. The summed E-state index contributed by atoms with van der Waals surface area (Å²) in [6, 6.07) is -0.143. The molecular formula is C22H44N2O4. The molecule has 0 fully saturated rings. The zero-order chi connectivity index (χ0) is 21.6. The third-order valence-electron chi connectivity index (χ3n) is 5.05. The number of carboxylic acid groups (broad SMARTS) is 1. The molecule has 0 saturated heterocycles. The SMILES string of the molecule is CCCCCCCCCCC(N)(CCC(CC)NC(=O)OC(C)(C)C)C(=O)O. The lowest BCUT2D eigenvalue weighted by Gasteiger charge is -2.28. The Kier molecular flexibility index (Phi) is 13.2. The summed E-state index contributed by atoms with van der Waals surface area (Å²) < 4.78 is 5.28. The van der Waals surface area contributed by atoms with E-state index in [1.807, 2.05) is 27.7 Å². The molecule has 0 bridgehead atoms. The number of hydrogen-bond donors (Lipinski definition) is 3. The summed E-state index contributed by atoms with van der Waals surface area (Å²) in [4.78, 5) is 23.7. The van der Waals surface area contributed by atoms with Crippen LogP contribution in [-0.4, -0.2) is 34.4 Å². The molecule has 0 aliphatic heterocycles. The van der Waals surface area contributed by atoms with E-state index in [4.69, 9.17) is 10.5 Å². The van der Waals surface area contributed by atoms with Crippen LogP contribution in [0.1, 0.15) is 112 Å². The van der Waals surface area contributed by atoms with Gasteiger partial charge in [0.2, 0.25) is 0 Å². The Hall–Kier alpha value is -1.30. The number of nitrogens with one attached hydrogen (secondary N) is 1. The molecule has 166 valence electrons. The van der Waals surface area contributed by atoms with E-state index in [1.165, 1.54) is 32.1 Å². The molecule has 6 nitrogen and oxygen atoms in total. The first-order valence-corrected chi connectivity index (χ1v) is 11.1. The van der Waals surface area contributed by atoms with E-state index in [2.05, 4.69) is 12.2 Å². The Balaban J connectivity index is 4.34. The van der Waals surface area contributed by atoms with Gasteiger partial charge in [-0.1, -0.05) is 65.2 Å². The predicted molar refractivity (Wildman–Crippen MR) is 114 cm³/mol. The smallest absolute Gasteiger partial charge is 0.407 e. The topological polar surface area (TPSA) is 102 Å². The maximum atomic E-state index is 11.9. The molecule has 1 amide bonds. The molecule has 0 aliphatic rings. The second-order valence-electron chi connectivity index (χ2n) is 8.98. The Morgan fingerprint density at radius 2 is 1.50 bits per heavy atom. The van der Waals surface area contributed by atoms with Crippen molar-refractivity contribution in [3.05, 3.63) is 0 Å². The number of nitrogens with two attached hydrogens (primary N) is 1. The van der Waals surface area contributed by atoms with E-state index in [1.54, 1.807) is 0 Å². The fraction of sp³-hybridized carbons (Fsp3) is 0.909.